The standard InChI is InChI=1S/C14H21BN3O5/c19-9-15-16-5-3-10(4-6-16)8-23-13(20)12-2-1-11-7-17(12)14(21)18(11)22/h9-12,22H,1-8H2/t11-,12+/m1/s1. The number of ether oxygens (including phenoxy) is 1. The number of esters is 1. The van der Waals surface area contributed by atoms with Crippen LogP contribution in [0.5, 0.6) is 0 Å². The molecule has 3 heterocycles. The summed E-state index contributed by atoms with van der Waals surface area (Å²) in [5.74, 6) is -0.0933. The zero-order valence-electron chi connectivity index (χ0n) is 13.0. The van der Waals surface area contributed by atoms with Gasteiger partial charge < -0.3 is 19.2 Å². The summed E-state index contributed by atoms with van der Waals surface area (Å²) < 4.78 is 5.42. The van der Waals surface area contributed by atoms with Crippen LogP contribution in [-0.4, -0.2) is 83.9 Å². The molecule has 8 nitrogen and oxygen atoms in total. The van der Waals surface area contributed by atoms with Crippen molar-refractivity contribution < 1.29 is 24.3 Å². The Bertz CT molecular complexity index is 483. The molecule has 3 fully saturated rings. The lowest BCUT2D eigenvalue weighted by atomic mass is 9.87. The molecule has 0 spiro atoms. The first kappa shape index (κ1) is 16.3. The van der Waals surface area contributed by atoms with Gasteiger partial charge in [0.1, 0.15) is 6.04 Å². The van der Waals surface area contributed by atoms with E-state index in [-0.39, 0.29) is 17.9 Å². The number of hydroxylamine groups is 2. The summed E-state index contributed by atoms with van der Waals surface area (Å²) in [6.07, 6.45) is 3.67. The second kappa shape index (κ2) is 6.88. The Labute approximate surface area is 135 Å². The lowest BCUT2D eigenvalue weighted by Crippen LogP contribution is -2.46. The van der Waals surface area contributed by atoms with Gasteiger partial charge in [0.15, 0.2) is 0 Å². The number of amides is 2. The number of hydrogen-bond donors (Lipinski definition) is 1. The van der Waals surface area contributed by atoms with Crippen molar-refractivity contribution in [2.24, 2.45) is 5.92 Å². The molecule has 1 N–H and O–H groups in total. The Morgan fingerprint density at radius 2 is 2.04 bits per heavy atom. The van der Waals surface area contributed by atoms with Gasteiger partial charge >= 0.3 is 12.0 Å². The van der Waals surface area contributed by atoms with Crippen LogP contribution < -0.4 is 0 Å². The third-order valence-corrected chi connectivity index (χ3v) is 5.00. The van der Waals surface area contributed by atoms with Gasteiger partial charge in [-0.25, -0.2) is 14.7 Å². The van der Waals surface area contributed by atoms with Gasteiger partial charge in [-0.15, -0.1) is 0 Å². The minimum atomic E-state index is -0.584. The smallest absolute Gasteiger partial charge is 0.344 e. The third-order valence-electron chi connectivity index (χ3n) is 5.00. The van der Waals surface area contributed by atoms with E-state index in [2.05, 4.69) is 0 Å². The van der Waals surface area contributed by atoms with E-state index in [1.54, 1.807) is 7.41 Å². The van der Waals surface area contributed by atoms with Crippen molar-refractivity contribution >= 4 is 25.6 Å². The molecule has 0 aliphatic carbocycles. The van der Waals surface area contributed by atoms with E-state index in [9.17, 15) is 19.6 Å². The molecule has 9 heteroatoms. The van der Waals surface area contributed by atoms with Gasteiger partial charge in [-0.05, 0) is 44.7 Å². The first-order valence-corrected chi connectivity index (χ1v) is 8.08. The third kappa shape index (κ3) is 3.35. The molecule has 125 valence electrons. The molecule has 3 aliphatic heterocycles. The highest BCUT2D eigenvalue weighted by Gasteiger charge is 2.47. The topological polar surface area (TPSA) is 90.4 Å². The highest BCUT2D eigenvalue weighted by Crippen LogP contribution is 2.29. The molecule has 0 aromatic carbocycles. The predicted molar refractivity (Wildman–Crippen MR) is 80.3 cm³/mol. The molecule has 3 aliphatic rings. The molecule has 0 aromatic heterocycles. The Kier molecular flexibility index (Phi) is 4.86. The van der Waals surface area contributed by atoms with Crippen LogP contribution >= 0.6 is 0 Å². The molecule has 23 heavy (non-hydrogen) atoms. The number of nitrogens with zero attached hydrogens (tertiary/aromatic N) is 3. The van der Waals surface area contributed by atoms with Gasteiger partial charge in [0.25, 0.3) is 7.41 Å². The van der Waals surface area contributed by atoms with Crippen LogP contribution in [0.1, 0.15) is 25.7 Å². The van der Waals surface area contributed by atoms with Crippen LogP contribution in [0.4, 0.5) is 4.79 Å². The number of fused-ring (bicyclic) bond motifs is 2. The average molecular weight is 322 g/mol. The molecule has 2 amide bonds. The lowest BCUT2D eigenvalue weighted by molar-refractivity contribution is -0.151. The highest BCUT2D eigenvalue weighted by atomic mass is 16.5. The van der Waals surface area contributed by atoms with Crippen LogP contribution in [0, 0.1) is 5.92 Å². The van der Waals surface area contributed by atoms with Crippen molar-refractivity contribution in [1.82, 2.24) is 14.8 Å². The van der Waals surface area contributed by atoms with Crippen LogP contribution in [-0.2, 0) is 14.3 Å². The van der Waals surface area contributed by atoms with Crippen molar-refractivity contribution in [2.45, 2.75) is 37.8 Å². The van der Waals surface area contributed by atoms with Crippen molar-refractivity contribution in [3.8, 4) is 0 Å². The first-order chi connectivity index (χ1) is 11.1. The molecule has 2 atom stereocenters. The normalized spacial score (nSPS) is 28.8. The molecule has 0 aromatic rings. The number of carbonyl (C=O) groups is 3. The van der Waals surface area contributed by atoms with Crippen LogP contribution in [0.25, 0.3) is 0 Å². The monoisotopic (exact) mass is 322 g/mol. The second-order valence-corrected chi connectivity index (χ2v) is 6.42. The van der Waals surface area contributed by atoms with Gasteiger partial charge in [-0.1, -0.05) is 0 Å². The maximum Gasteiger partial charge on any atom is 0.344 e. The van der Waals surface area contributed by atoms with E-state index < -0.39 is 12.1 Å². The van der Waals surface area contributed by atoms with Gasteiger partial charge in [0.2, 0.25) is 0 Å². The molecule has 2 bridgehead atoms. The van der Waals surface area contributed by atoms with Crippen molar-refractivity contribution in [2.75, 3.05) is 26.2 Å². The Morgan fingerprint density at radius 1 is 1.30 bits per heavy atom. The average Bonchev–Trinajstić information content (AvgIpc) is 2.79. The minimum absolute atomic E-state index is 0.204. The van der Waals surface area contributed by atoms with E-state index in [4.69, 9.17) is 4.74 Å². The summed E-state index contributed by atoms with van der Waals surface area (Å²) >= 11 is 0. The molecule has 3 saturated heterocycles. The number of hydrogen-bond acceptors (Lipinski definition) is 6. The van der Waals surface area contributed by atoms with E-state index in [1.165, 1.54) is 4.90 Å². The van der Waals surface area contributed by atoms with Crippen LogP contribution in [0.2, 0.25) is 0 Å². The molecule has 0 unspecified atom stereocenters. The Hall–Kier alpha value is -1.61. The fraction of sp³-hybridized carbons (Fsp3) is 0.786. The molecule has 0 saturated carbocycles. The summed E-state index contributed by atoms with van der Waals surface area (Å²) in [6, 6.07) is -1.29. The van der Waals surface area contributed by atoms with Gasteiger partial charge in [-0.2, -0.15) is 0 Å². The first-order valence-electron chi connectivity index (χ1n) is 8.08. The largest absolute Gasteiger partial charge is 0.464 e. The number of carbonyl (C=O) groups excluding carboxylic acids is 3. The Balaban J connectivity index is 1.45. The fourth-order valence-electron chi connectivity index (χ4n) is 3.55. The van der Waals surface area contributed by atoms with Gasteiger partial charge in [-0.3, -0.25) is 5.21 Å². The molecular weight excluding hydrogens is 301 g/mol. The maximum atomic E-state index is 12.3. The fourth-order valence-corrected chi connectivity index (χ4v) is 3.55. The molecule has 1 radical (unpaired) electrons. The Morgan fingerprint density at radius 3 is 2.74 bits per heavy atom. The number of piperidine rings is 2. The highest BCUT2D eigenvalue weighted by molar-refractivity contribution is 6.64. The van der Waals surface area contributed by atoms with E-state index in [0.717, 1.165) is 37.2 Å². The van der Waals surface area contributed by atoms with E-state index >= 15 is 0 Å². The predicted octanol–water partition coefficient (Wildman–Crippen LogP) is -0.291. The SMILES string of the molecule is O=C[B]N1CCC(COC(=O)[C@@H]2CC[C@@H]3CN2C(=O)N3O)CC1. The van der Waals surface area contributed by atoms with Crippen molar-refractivity contribution in [3.63, 3.8) is 0 Å². The zero-order valence-corrected chi connectivity index (χ0v) is 13.0. The van der Waals surface area contributed by atoms with Crippen molar-refractivity contribution in [1.29, 1.82) is 0 Å². The van der Waals surface area contributed by atoms with Gasteiger partial charge in [0, 0.05) is 6.54 Å². The van der Waals surface area contributed by atoms with Crippen LogP contribution in [0.3, 0.4) is 0 Å². The van der Waals surface area contributed by atoms with E-state index in [1.807, 2.05) is 4.81 Å². The maximum absolute atomic E-state index is 12.3. The molecular formula is C14H21BN3O5. The number of urea groups is 1. The zero-order chi connectivity index (χ0) is 16.4. The van der Waals surface area contributed by atoms with Crippen molar-refractivity contribution in [3.05, 3.63) is 0 Å². The van der Waals surface area contributed by atoms with E-state index in [0.29, 0.717) is 26.0 Å². The molecule has 3 rings (SSSR count). The lowest BCUT2D eigenvalue weighted by Gasteiger charge is -2.32. The van der Waals surface area contributed by atoms with Crippen LogP contribution in [0.15, 0.2) is 0 Å². The number of rotatable bonds is 5. The second-order valence-electron chi connectivity index (χ2n) is 6.42. The quantitative estimate of drug-likeness (QED) is 0.324. The summed E-state index contributed by atoms with van der Waals surface area (Å²) in [6.45, 7) is 2.31. The summed E-state index contributed by atoms with van der Waals surface area (Å²) in [5.41, 5.74) is 0. The summed E-state index contributed by atoms with van der Waals surface area (Å²) in [5, 5.41) is 10.4. The minimum Gasteiger partial charge on any atom is -0.464 e. The van der Waals surface area contributed by atoms with Gasteiger partial charge in [0.05, 0.1) is 18.8 Å². The summed E-state index contributed by atoms with van der Waals surface area (Å²) in [7, 11) is 1.54. The summed E-state index contributed by atoms with van der Waals surface area (Å²) in [4.78, 5) is 37.9.